The third-order valence-electron chi connectivity index (χ3n) is 4.34. The molecular formula is C20H23N3O2S. The number of para-hydroxylation sites is 1. The topological polar surface area (TPSA) is 64.1 Å². The summed E-state index contributed by atoms with van der Waals surface area (Å²) in [5, 5.41) is 4.03. The molecule has 5 nitrogen and oxygen atoms in total. The van der Waals surface area contributed by atoms with Gasteiger partial charge in [-0.15, -0.1) is 11.3 Å². The molecule has 0 radical (unpaired) electrons. The first-order chi connectivity index (χ1) is 12.6. The highest BCUT2D eigenvalue weighted by molar-refractivity contribution is 7.18. The second kappa shape index (κ2) is 8.27. The maximum Gasteiger partial charge on any atom is 0.220 e. The Hall–Kier alpha value is -2.47. The van der Waals surface area contributed by atoms with E-state index in [1.807, 2.05) is 32.0 Å². The van der Waals surface area contributed by atoms with Crippen molar-refractivity contribution >= 4 is 27.5 Å². The Balaban J connectivity index is 1.49. The number of carbonyl (C=O) groups is 1. The lowest BCUT2D eigenvalue weighted by molar-refractivity contribution is -0.121. The van der Waals surface area contributed by atoms with Crippen LogP contribution in [0, 0.1) is 13.8 Å². The number of ether oxygens (including phenoxy) is 1. The zero-order chi connectivity index (χ0) is 18.5. The van der Waals surface area contributed by atoms with E-state index in [0.717, 1.165) is 45.9 Å². The first-order valence-electron chi connectivity index (χ1n) is 8.68. The van der Waals surface area contributed by atoms with Gasteiger partial charge in [0.05, 0.1) is 34.6 Å². The number of aryl methyl sites for hydroxylation is 2. The number of nitrogens with zero attached hydrogens (tertiary/aromatic N) is 2. The molecule has 3 aromatic rings. The third-order valence-corrected chi connectivity index (χ3v) is 5.43. The molecule has 136 valence electrons. The quantitative estimate of drug-likeness (QED) is 0.685. The van der Waals surface area contributed by atoms with Gasteiger partial charge < -0.3 is 10.1 Å². The molecule has 6 heteroatoms. The molecule has 2 aromatic heterocycles. The molecule has 1 aromatic carbocycles. The van der Waals surface area contributed by atoms with Crippen molar-refractivity contribution in [2.75, 3.05) is 7.11 Å². The maximum absolute atomic E-state index is 12.1. The molecular weight excluding hydrogens is 346 g/mol. The lowest BCUT2D eigenvalue weighted by Crippen LogP contribution is -2.23. The fraction of sp³-hybridized carbons (Fsp3) is 0.350. The number of thiazole rings is 1. The molecule has 2 heterocycles. The second-order valence-corrected chi connectivity index (χ2v) is 7.37. The fourth-order valence-electron chi connectivity index (χ4n) is 2.95. The van der Waals surface area contributed by atoms with Gasteiger partial charge in [-0.1, -0.05) is 12.1 Å². The Labute approximate surface area is 157 Å². The SMILES string of the molecule is COc1c(C)cnc(CNC(=O)CCCc2nc3ccccc3s2)c1C. The summed E-state index contributed by atoms with van der Waals surface area (Å²) < 4.78 is 6.60. The summed E-state index contributed by atoms with van der Waals surface area (Å²) in [6.45, 7) is 4.35. The van der Waals surface area contributed by atoms with Crippen LogP contribution in [0.4, 0.5) is 0 Å². The number of hydrogen-bond acceptors (Lipinski definition) is 5. The Morgan fingerprint density at radius 1 is 1.27 bits per heavy atom. The number of benzene rings is 1. The smallest absolute Gasteiger partial charge is 0.220 e. The molecule has 0 aliphatic rings. The van der Waals surface area contributed by atoms with Crippen LogP contribution in [0.3, 0.4) is 0 Å². The molecule has 26 heavy (non-hydrogen) atoms. The summed E-state index contributed by atoms with van der Waals surface area (Å²) in [5.74, 6) is 0.868. The van der Waals surface area contributed by atoms with Crippen LogP contribution in [-0.4, -0.2) is 23.0 Å². The summed E-state index contributed by atoms with van der Waals surface area (Å²) in [6.07, 6.45) is 3.87. The van der Waals surface area contributed by atoms with Gasteiger partial charge in [0, 0.05) is 23.7 Å². The molecule has 1 amide bonds. The molecule has 0 saturated heterocycles. The van der Waals surface area contributed by atoms with Gasteiger partial charge in [-0.05, 0) is 38.8 Å². The minimum atomic E-state index is 0.0341. The Morgan fingerprint density at radius 2 is 2.08 bits per heavy atom. The van der Waals surface area contributed by atoms with Crippen molar-refractivity contribution in [1.82, 2.24) is 15.3 Å². The van der Waals surface area contributed by atoms with Gasteiger partial charge in [-0.2, -0.15) is 0 Å². The second-order valence-electron chi connectivity index (χ2n) is 6.25. The van der Waals surface area contributed by atoms with Gasteiger partial charge in [0.25, 0.3) is 0 Å². The van der Waals surface area contributed by atoms with E-state index in [-0.39, 0.29) is 5.91 Å². The first kappa shape index (κ1) is 18.3. The lowest BCUT2D eigenvalue weighted by Gasteiger charge is -2.12. The van der Waals surface area contributed by atoms with Crippen LogP contribution in [0.15, 0.2) is 30.5 Å². The number of carbonyl (C=O) groups excluding carboxylic acids is 1. The number of pyridine rings is 1. The van der Waals surface area contributed by atoms with Crippen LogP contribution in [0.2, 0.25) is 0 Å². The van der Waals surface area contributed by atoms with Gasteiger partial charge in [0.15, 0.2) is 0 Å². The molecule has 0 fully saturated rings. The van der Waals surface area contributed by atoms with Crippen molar-refractivity contribution < 1.29 is 9.53 Å². The molecule has 0 saturated carbocycles. The number of hydrogen-bond donors (Lipinski definition) is 1. The maximum atomic E-state index is 12.1. The molecule has 3 rings (SSSR count). The largest absolute Gasteiger partial charge is 0.496 e. The zero-order valence-electron chi connectivity index (χ0n) is 15.3. The number of methoxy groups -OCH3 is 1. The third kappa shape index (κ3) is 4.19. The molecule has 0 atom stereocenters. The van der Waals surface area contributed by atoms with Gasteiger partial charge in [-0.3, -0.25) is 9.78 Å². The van der Waals surface area contributed by atoms with Crippen molar-refractivity contribution in [2.24, 2.45) is 0 Å². The summed E-state index contributed by atoms with van der Waals surface area (Å²) in [7, 11) is 1.65. The minimum absolute atomic E-state index is 0.0341. The van der Waals surface area contributed by atoms with Crippen molar-refractivity contribution in [1.29, 1.82) is 0 Å². The molecule has 0 aliphatic heterocycles. The lowest BCUT2D eigenvalue weighted by atomic mass is 10.1. The Kier molecular flexibility index (Phi) is 5.83. The van der Waals surface area contributed by atoms with Crippen molar-refractivity contribution in [3.05, 3.63) is 52.3 Å². The average molecular weight is 369 g/mol. The van der Waals surface area contributed by atoms with Crippen molar-refractivity contribution in [2.45, 2.75) is 39.7 Å². The zero-order valence-corrected chi connectivity index (χ0v) is 16.2. The van der Waals surface area contributed by atoms with Crippen LogP contribution < -0.4 is 10.1 Å². The van der Waals surface area contributed by atoms with E-state index < -0.39 is 0 Å². The number of fused-ring (bicyclic) bond motifs is 1. The van der Waals surface area contributed by atoms with E-state index >= 15 is 0 Å². The normalized spacial score (nSPS) is 10.9. The van der Waals surface area contributed by atoms with E-state index in [4.69, 9.17) is 4.74 Å². The molecule has 0 bridgehead atoms. The Bertz CT molecular complexity index is 888. The fourth-order valence-corrected chi connectivity index (χ4v) is 3.96. The highest BCUT2D eigenvalue weighted by atomic mass is 32.1. The van der Waals surface area contributed by atoms with Crippen LogP contribution in [0.25, 0.3) is 10.2 Å². The molecule has 0 spiro atoms. The molecule has 0 unspecified atom stereocenters. The van der Waals surface area contributed by atoms with Crippen LogP contribution in [-0.2, 0) is 17.8 Å². The van der Waals surface area contributed by atoms with E-state index in [9.17, 15) is 4.79 Å². The van der Waals surface area contributed by atoms with Gasteiger partial charge >= 0.3 is 0 Å². The van der Waals surface area contributed by atoms with Crippen LogP contribution in [0.1, 0.15) is 34.7 Å². The highest BCUT2D eigenvalue weighted by Gasteiger charge is 2.11. The van der Waals surface area contributed by atoms with Gasteiger partial charge in [0.2, 0.25) is 5.91 Å². The van der Waals surface area contributed by atoms with Crippen molar-refractivity contribution in [3.8, 4) is 5.75 Å². The average Bonchev–Trinajstić information content (AvgIpc) is 3.04. The minimum Gasteiger partial charge on any atom is -0.496 e. The first-order valence-corrected chi connectivity index (χ1v) is 9.50. The highest BCUT2D eigenvalue weighted by Crippen LogP contribution is 2.24. The van der Waals surface area contributed by atoms with E-state index in [2.05, 4.69) is 21.4 Å². The number of nitrogens with one attached hydrogen (secondary N) is 1. The van der Waals surface area contributed by atoms with Crippen molar-refractivity contribution in [3.63, 3.8) is 0 Å². The summed E-state index contributed by atoms with van der Waals surface area (Å²) in [4.78, 5) is 21.1. The van der Waals surface area contributed by atoms with Gasteiger partial charge in [-0.25, -0.2) is 4.98 Å². The van der Waals surface area contributed by atoms with Crippen LogP contribution >= 0.6 is 11.3 Å². The van der Waals surface area contributed by atoms with Crippen LogP contribution in [0.5, 0.6) is 5.75 Å². The molecule has 1 N–H and O–H groups in total. The Morgan fingerprint density at radius 3 is 2.85 bits per heavy atom. The summed E-state index contributed by atoms with van der Waals surface area (Å²) >= 11 is 1.70. The standard InChI is InChI=1S/C20H23N3O2S/c1-13-11-21-16(14(2)20(13)25-3)12-22-18(24)9-6-10-19-23-15-7-4-5-8-17(15)26-19/h4-5,7-8,11H,6,9-10,12H2,1-3H3,(H,22,24). The number of aromatic nitrogens is 2. The predicted molar refractivity (Wildman–Crippen MR) is 105 cm³/mol. The number of rotatable bonds is 7. The predicted octanol–water partition coefficient (Wildman–Crippen LogP) is 3.96. The monoisotopic (exact) mass is 369 g/mol. The molecule has 0 aliphatic carbocycles. The summed E-state index contributed by atoms with van der Waals surface area (Å²) in [5.41, 5.74) is 3.84. The number of amides is 1. The van der Waals surface area contributed by atoms with Gasteiger partial charge in [0.1, 0.15) is 5.75 Å². The van der Waals surface area contributed by atoms with E-state index in [0.29, 0.717) is 13.0 Å². The van der Waals surface area contributed by atoms with E-state index in [1.165, 1.54) is 4.70 Å². The van der Waals surface area contributed by atoms with E-state index in [1.54, 1.807) is 24.6 Å². The summed E-state index contributed by atoms with van der Waals surface area (Å²) in [6, 6.07) is 8.12.